The molecule has 226 valence electrons. The number of benzene rings is 4. The lowest BCUT2D eigenvalue weighted by Gasteiger charge is -2.34. The van der Waals surface area contributed by atoms with Crippen LogP contribution in [0, 0.1) is 0 Å². The van der Waals surface area contributed by atoms with Crippen molar-refractivity contribution < 1.29 is 18.0 Å². The van der Waals surface area contributed by atoms with Gasteiger partial charge in [0, 0.05) is 40.0 Å². The summed E-state index contributed by atoms with van der Waals surface area (Å²) in [6, 6.07) is 25.9. The van der Waals surface area contributed by atoms with Crippen LogP contribution >= 0.6 is 23.2 Å². The Morgan fingerprint density at radius 2 is 1.47 bits per heavy atom. The fourth-order valence-corrected chi connectivity index (χ4v) is 6.25. The summed E-state index contributed by atoms with van der Waals surface area (Å²) in [5, 5.41) is 5.19. The van der Waals surface area contributed by atoms with E-state index in [2.05, 4.69) is 5.32 Å². The van der Waals surface area contributed by atoms with Gasteiger partial charge in [-0.15, -0.1) is 0 Å². The van der Waals surface area contributed by atoms with Gasteiger partial charge in [-0.25, -0.2) is 8.42 Å². The van der Waals surface area contributed by atoms with Gasteiger partial charge in [-0.1, -0.05) is 103 Å². The maximum absolute atomic E-state index is 14.4. The van der Waals surface area contributed by atoms with Crippen LogP contribution in [0.2, 0.25) is 10.0 Å². The van der Waals surface area contributed by atoms with Crippen LogP contribution in [0.3, 0.4) is 0 Å². The first kappa shape index (κ1) is 32.3. The van der Waals surface area contributed by atoms with Gasteiger partial charge < -0.3 is 10.2 Å². The van der Waals surface area contributed by atoms with Gasteiger partial charge in [-0.2, -0.15) is 0 Å². The topological polar surface area (TPSA) is 86.8 Å². The second kappa shape index (κ2) is 14.3. The summed E-state index contributed by atoms with van der Waals surface area (Å²) in [7, 11) is -3.92. The van der Waals surface area contributed by atoms with Crippen molar-refractivity contribution in [1.29, 1.82) is 0 Å². The first-order valence-electron chi connectivity index (χ1n) is 14.0. The summed E-state index contributed by atoms with van der Waals surface area (Å²) in [5.74, 6) is -0.930. The van der Waals surface area contributed by atoms with Crippen molar-refractivity contribution >= 4 is 61.5 Å². The number of anilines is 1. The maximum atomic E-state index is 14.4. The average Bonchev–Trinajstić information content (AvgIpc) is 2.98. The maximum Gasteiger partial charge on any atom is 0.244 e. The normalized spacial score (nSPS) is 12.9. The Balaban J connectivity index is 1.82. The molecule has 0 aliphatic rings. The summed E-state index contributed by atoms with van der Waals surface area (Å²) in [5.41, 5.74) is 1.67. The third-order valence-corrected chi connectivity index (χ3v) is 9.21. The number of hydrogen-bond acceptors (Lipinski definition) is 4. The fourth-order valence-electron chi connectivity index (χ4n) is 4.87. The Morgan fingerprint density at radius 1 is 0.860 bits per heavy atom. The Kier molecular flexibility index (Phi) is 10.7. The van der Waals surface area contributed by atoms with Crippen molar-refractivity contribution in [2.24, 2.45) is 0 Å². The molecule has 2 atom stereocenters. The van der Waals surface area contributed by atoms with Gasteiger partial charge in [0.25, 0.3) is 0 Å². The molecule has 2 amide bonds. The standard InChI is InChI=1S/C33H35Cl2N3O4S/c1-4-23(2)36-33(40)31(20-24-12-6-5-7-13-24)37(21-27-28(34)17-11-18-29(27)35)32(39)22-38(43(3,41)42)30-19-10-15-25-14-8-9-16-26(25)30/h5-19,23,31H,4,20-22H2,1-3H3,(H,36,40)/t23-,31+/m0/s1. The zero-order valence-corrected chi connectivity index (χ0v) is 26.7. The molecule has 43 heavy (non-hydrogen) atoms. The van der Waals surface area contributed by atoms with Crippen LogP contribution in [-0.4, -0.2) is 50.0 Å². The summed E-state index contributed by atoms with van der Waals surface area (Å²) in [6.45, 7) is 3.21. The molecule has 0 unspecified atom stereocenters. The second-order valence-corrected chi connectivity index (χ2v) is 13.2. The van der Waals surface area contributed by atoms with Crippen molar-refractivity contribution in [1.82, 2.24) is 10.2 Å². The molecular formula is C33H35Cl2N3O4S. The average molecular weight is 641 g/mol. The fraction of sp³-hybridized carbons (Fsp3) is 0.273. The SMILES string of the molecule is CC[C@H](C)NC(=O)[C@@H](Cc1ccccc1)N(Cc1c(Cl)cccc1Cl)C(=O)CN(c1cccc2ccccc12)S(C)(=O)=O. The summed E-state index contributed by atoms with van der Waals surface area (Å²) in [4.78, 5) is 29.6. The molecule has 0 aromatic heterocycles. The Bertz CT molecular complexity index is 1670. The van der Waals surface area contributed by atoms with Crippen molar-refractivity contribution in [3.05, 3.63) is 112 Å². The van der Waals surface area contributed by atoms with E-state index in [-0.39, 0.29) is 24.9 Å². The van der Waals surface area contributed by atoms with Crippen molar-refractivity contribution in [2.45, 2.75) is 45.3 Å². The smallest absolute Gasteiger partial charge is 0.244 e. The molecule has 0 aliphatic carbocycles. The van der Waals surface area contributed by atoms with Crippen LogP contribution in [-0.2, 0) is 32.6 Å². The molecule has 7 nitrogen and oxygen atoms in total. The zero-order valence-electron chi connectivity index (χ0n) is 24.3. The number of nitrogens with one attached hydrogen (secondary N) is 1. The van der Waals surface area contributed by atoms with Gasteiger partial charge in [-0.3, -0.25) is 13.9 Å². The molecular weight excluding hydrogens is 605 g/mol. The number of sulfonamides is 1. The van der Waals surface area contributed by atoms with Gasteiger partial charge in [0.15, 0.2) is 0 Å². The van der Waals surface area contributed by atoms with E-state index in [0.717, 1.165) is 21.5 Å². The highest BCUT2D eigenvalue weighted by Crippen LogP contribution is 2.30. The van der Waals surface area contributed by atoms with E-state index in [4.69, 9.17) is 23.2 Å². The molecule has 0 saturated heterocycles. The van der Waals surface area contributed by atoms with Crippen molar-refractivity contribution in [3.8, 4) is 0 Å². The number of halogens is 2. The minimum Gasteiger partial charge on any atom is -0.352 e. The lowest BCUT2D eigenvalue weighted by molar-refractivity contribution is -0.140. The number of nitrogens with zero attached hydrogens (tertiary/aromatic N) is 2. The molecule has 0 spiro atoms. The second-order valence-electron chi connectivity index (χ2n) is 10.5. The number of fused-ring (bicyclic) bond motifs is 1. The molecule has 4 aromatic rings. The minimum absolute atomic E-state index is 0.101. The van der Waals surface area contributed by atoms with Crippen LogP contribution in [0.25, 0.3) is 10.8 Å². The van der Waals surface area contributed by atoms with E-state index in [9.17, 15) is 18.0 Å². The Labute approximate surface area is 263 Å². The van der Waals surface area contributed by atoms with Crippen molar-refractivity contribution in [2.75, 3.05) is 17.1 Å². The molecule has 10 heteroatoms. The van der Waals surface area contributed by atoms with Crippen LogP contribution in [0.15, 0.2) is 91.0 Å². The first-order valence-corrected chi connectivity index (χ1v) is 16.6. The zero-order chi connectivity index (χ0) is 31.1. The molecule has 0 heterocycles. The third kappa shape index (κ3) is 8.07. The number of hydrogen-bond donors (Lipinski definition) is 1. The van der Waals surface area contributed by atoms with Crippen LogP contribution < -0.4 is 9.62 Å². The molecule has 0 fully saturated rings. The molecule has 4 rings (SSSR count). The van der Waals surface area contributed by atoms with Gasteiger partial charge in [0.2, 0.25) is 21.8 Å². The molecule has 0 aliphatic heterocycles. The molecule has 0 bridgehead atoms. The predicted octanol–water partition coefficient (Wildman–Crippen LogP) is 6.47. The molecule has 0 saturated carbocycles. The summed E-state index contributed by atoms with van der Waals surface area (Å²) in [6.07, 6.45) is 1.95. The quantitative estimate of drug-likeness (QED) is 0.193. The number of amides is 2. The highest BCUT2D eigenvalue weighted by atomic mass is 35.5. The summed E-state index contributed by atoms with van der Waals surface area (Å²) >= 11 is 13.1. The van der Waals surface area contributed by atoms with E-state index < -0.39 is 28.5 Å². The Morgan fingerprint density at radius 3 is 2.12 bits per heavy atom. The third-order valence-electron chi connectivity index (χ3n) is 7.38. The highest BCUT2D eigenvalue weighted by molar-refractivity contribution is 7.92. The number of carbonyl (C=O) groups excluding carboxylic acids is 2. The van der Waals surface area contributed by atoms with Crippen molar-refractivity contribution in [3.63, 3.8) is 0 Å². The highest BCUT2D eigenvalue weighted by Gasteiger charge is 2.34. The summed E-state index contributed by atoms with van der Waals surface area (Å²) < 4.78 is 27.5. The van der Waals surface area contributed by atoms with Gasteiger partial charge in [-0.05, 0) is 42.5 Å². The van der Waals surface area contributed by atoms with Gasteiger partial charge in [0.1, 0.15) is 12.6 Å². The predicted molar refractivity (Wildman–Crippen MR) is 175 cm³/mol. The van der Waals surface area contributed by atoms with E-state index in [1.165, 1.54) is 4.90 Å². The van der Waals surface area contributed by atoms with E-state index >= 15 is 0 Å². The van der Waals surface area contributed by atoms with Gasteiger partial charge >= 0.3 is 0 Å². The molecule has 4 aromatic carbocycles. The molecule has 0 radical (unpaired) electrons. The van der Waals surface area contributed by atoms with Crippen LogP contribution in [0.1, 0.15) is 31.4 Å². The largest absolute Gasteiger partial charge is 0.352 e. The lowest BCUT2D eigenvalue weighted by Crippen LogP contribution is -2.54. The number of rotatable bonds is 12. The Hall–Kier alpha value is -3.59. The van der Waals surface area contributed by atoms with E-state index in [0.29, 0.717) is 33.1 Å². The van der Waals surface area contributed by atoms with Crippen LogP contribution in [0.4, 0.5) is 5.69 Å². The number of carbonyl (C=O) groups is 2. The molecule has 1 N–H and O–H groups in total. The van der Waals surface area contributed by atoms with Crippen LogP contribution in [0.5, 0.6) is 0 Å². The minimum atomic E-state index is -3.92. The first-order chi connectivity index (χ1) is 20.5. The monoisotopic (exact) mass is 639 g/mol. The van der Waals surface area contributed by atoms with Gasteiger partial charge in [0.05, 0.1) is 11.9 Å². The van der Waals surface area contributed by atoms with E-state index in [1.807, 2.05) is 74.5 Å². The van der Waals surface area contributed by atoms with E-state index in [1.54, 1.807) is 30.3 Å². The lowest BCUT2D eigenvalue weighted by atomic mass is 10.0.